The van der Waals surface area contributed by atoms with E-state index >= 15 is 0 Å². The van der Waals surface area contributed by atoms with Crippen LogP contribution >= 0.6 is 11.3 Å². The lowest BCUT2D eigenvalue weighted by molar-refractivity contribution is 0.0747. The predicted octanol–water partition coefficient (Wildman–Crippen LogP) is 4.31. The van der Waals surface area contributed by atoms with Gasteiger partial charge in [-0.3, -0.25) is 4.79 Å². The number of anilines is 1. The van der Waals surface area contributed by atoms with Crippen LogP contribution in [0, 0.1) is 6.92 Å². The maximum absolute atomic E-state index is 12.9. The molecule has 1 saturated heterocycles. The van der Waals surface area contributed by atoms with Gasteiger partial charge in [0.2, 0.25) is 0 Å². The summed E-state index contributed by atoms with van der Waals surface area (Å²) in [4.78, 5) is 21.8. The molecular weight excluding hydrogens is 358 g/mol. The fourth-order valence-electron chi connectivity index (χ4n) is 3.59. The first-order valence-electron chi connectivity index (χ1n) is 9.07. The van der Waals surface area contributed by atoms with Crippen LogP contribution in [-0.2, 0) is 0 Å². The van der Waals surface area contributed by atoms with Crippen molar-refractivity contribution in [2.24, 2.45) is 0 Å². The molecule has 2 aromatic carbocycles. The third-order valence-corrected chi connectivity index (χ3v) is 6.10. The molecule has 2 aromatic heterocycles. The highest BCUT2D eigenvalue weighted by Gasteiger charge is 2.24. The van der Waals surface area contributed by atoms with Crippen molar-refractivity contribution in [3.05, 3.63) is 59.9 Å². The lowest BCUT2D eigenvalue weighted by Crippen LogP contribution is -2.48. The SMILES string of the molecule is Cc1cc2cc(C(=O)N3CCN(c4nc5ccccc5s4)CC3)ccc2o1. The molecule has 27 heavy (non-hydrogen) atoms. The maximum Gasteiger partial charge on any atom is 0.254 e. The standard InChI is InChI=1S/C21H19N3O2S/c1-14-12-16-13-15(6-7-18(16)26-14)20(25)23-8-10-24(11-9-23)21-22-17-4-2-3-5-19(17)27-21/h2-7,12-13H,8-11H2,1H3. The summed E-state index contributed by atoms with van der Waals surface area (Å²) in [6, 6.07) is 15.8. The zero-order chi connectivity index (χ0) is 18.4. The molecule has 1 amide bonds. The van der Waals surface area contributed by atoms with E-state index in [0.717, 1.165) is 46.0 Å². The Labute approximate surface area is 160 Å². The number of furan rings is 1. The number of thiazole rings is 1. The van der Waals surface area contributed by atoms with Crippen LogP contribution in [0.5, 0.6) is 0 Å². The minimum Gasteiger partial charge on any atom is -0.461 e. The van der Waals surface area contributed by atoms with Gasteiger partial charge in [0.15, 0.2) is 5.13 Å². The van der Waals surface area contributed by atoms with Gasteiger partial charge in [0, 0.05) is 37.1 Å². The predicted molar refractivity (Wildman–Crippen MR) is 109 cm³/mol. The number of para-hydroxylation sites is 1. The summed E-state index contributed by atoms with van der Waals surface area (Å²) in [7, 11) is 0. The zero-order valence-electron chi connectivity index (χ0n) is 15.0. The Morgan fingerprint density at radius 2 is 1.89 bits per heavy atom. The fraction of sp³-hybridized carbons (Fsp3) is 0.238. The third kappa shape index (κ3) is 2.96. The number of piperazine rings is 1. The summed E-state index contributed by atoms with van der Waals surface area (Å²) in [5, 5.41) is 2.02. The minimum absolute atomic E-state index is 0.0831. The second-order valence-electron chi connectivity index (χ2n) is 6.85. The number of amides is 1. The zero-order valence-corrected chi connectivity index (χ0v) is 15.8. The quantitative estimate of drug-likeness (QED) is 0.522. The molecule has 0 spiro atoms. The monoisotopic (exact) mass is 377 g/mol. The molecule has 0 N–H and O–H groups in total. The molecule has 6 heteroatoms. The van der Waals surface area contributed by atoms with Crippen LogP contribution in [-0.4, -0.2) is 42.0 Å². The van der Waals surface area contributed by atoms with Gasteiger partial charge < -0.3 is 14.2 Å². The van der Waals surface area contributed by atoms with E-state index in [0.29, 0.717) is 13.1 Å². The number of hydrogen-bond donors (Lipinski definition) is 0. The Kier molecular flexibility index (Phi) is 3.86. The smallest absolute Gasteiger partial charge is 0.254 e. The van der Waals surface area contributed by atoms with Gasteiger partial charge >= 0.3 is 0 Å². The lowest BCUT2D eigenvalue weighted by Gasteiger charge is -2.34. The van der Waals surface area contributed by atoms with Gasteiger partial charge in [-0.2, -0.15) is 0 Å². The number of carbonyl (C=O) groups excluding carboxylic acids is 1. The molecule has 0 atom stereocenters. The summed E-state index contributed by atoms with van der Waals surface area (Å²) in [5.41, 5.74) is 2.58. The van der Waals surface area contributed by atoms with Crippen LogP contribution in [0.3, 0.4) is 0 Å². The Morgan fingerprint density at radius 3 is 2.70 bits per heavy atom. The molecule has 0 radical (unpaired) electrons. The number of hydrogen-bond acceptors (Lipinski definition) is 5. The van der Waals surface area contributed by atoms with Crippen molar-refractivity contribution < 1.29 is 9.21 Å². The van der Waals surface area contributed by atoms with Gasteiger partial charge in [-0.15, -0.1) is 0 Å². The van der Waals surface area contributed by atoms with E-state index in [9.17, 15) is 4.79 Å². The molecule has 1 aliphatic heterocycles. The molecule has 1 aliphatic rings. The van der Waals surface area contributed by atoms with Crippen LogP contribution in [0.15, 0.2) is 52.9 Å². The normalized spacial score (nSPS) is 15.0. The Bertz CT molecular complexity index is 1110. The molecule has 5 nitrogen and oxygen atoms in total. The molecule has 136 valence electrons. The summed E-state index contributed by atoms with van der Waals surface area (Å²) in [6.45, 7) is 4.94. The average Bonchev–Trinajstić information content (AvgIpc) is 3.29. The van der Waals surface area contributed by atoms with E-state index in [1.807, 2.05) is 54.3 Å². The minimum atomic E-state index is 0.0831. The van der Waals surface area contributed by atoms with E-state index in [-0.39, 0.29) is 5.91 Å². The summed E-state index contributed by atoms with van der Waals surface area (Å²) >= 11 is 1.71. The van der Waals surface area contributed by atoms with Gasteiger partial charge in [-0.25, -0.2) is 4.98 Å². The van der Waals surface area contributed by atoms with Gasteiger partial charge in [0.25, 0.3) is 5.91 Å². The van der Waals surface area contributed by atoms with Crippen molar-refractivity contribution in [1.82, 2.24) is 9.88 Å². The second kappa shape index (κ2) is 6.39. The van der Waals surface area contributed by atoms with Crippen molar-refractivity contribution in [2.45, 2.75) is 6.92 Å². The van der Waals surface area contributed by atoms with E-state index < -0.39 is 0 Å². The van der Waals surface area contributed by atoms with Crippen molar-refractivity contribution >= 4 is 43.6 Å². The first kappa shape index (κ1) is 16.3. The molecule has 0 unspecified atom stereocenters. The van der Waals surface area contributed by atoms with Crippen molar-refractivity contribution in [1.29, 1.82) is 0 Å². The first-order chi connectivity index (χ1) is 13.2. The van der Waals surface area contributed by atoms with E-state index in [2.05, 4.69) is 11.0 Å². The van der Waals surface area contributed by atoms with Crippen LogP contribution in [0.25, 0.3) is 21.2 Å². The molecule has 0 saturated carbocycles. The highest BCUT2D eigenvalue weighted by Crippen LogP contribution is 2.29. The first-order valence-corrected chi connectivity index (χ1v) is 9.89. The largest absolute Gasteiger partial charge is 0.461 e. The number of benzene rings is 2. The van der Waals surface area contributed by atoms with E-state index in [1.54, 1.807) is 11.3 Å². The number of aromatic nitrogens is 1. The van der Waals surface area contributed by atoms with Gasteiger partial charge in [0.05, 0.1) is 10.2 Å². The van der Waals surface area contributed by atoms with Crippen LogP contribution in [0.4, 0.5) is 5.13 Å². The number of rotatable bonds is 2. The maximum atomic E-state index is 12.9. The van der Waals surface area contributed by atoms with Crippen LogP contribution in [0.1, 0.15) is 16.1 Å². The number of aryl methyl sites for hydroxylation is 1. The lowest BCUT2D eigenvalue weighted by atomic mass is 10.1. The van der Waals surface area contributed by atoms with Gasteiger partial charge in [-0.1, -0.05) is 23.5 Å². The summed E-state index contributed by atoms with van der Waals surface area (Å²) < 4.78 is 6.80. The highest BCUT2D eigenvalue weighted by atomic mass is 32.1. The van der Waals surface area contributed by atoms with E-state index in [1.165, 1.54) is 4.70 Å². The number of nitrogens with zero attached hydrogens (tertiary/aromatic N) is 3. The molecule has 0 aliphatic carbocycles. The molecule has 0 bridgehead atoms. The molecule has 4 aromatic rings. The van der Waals surface area contributed by atoms with Gasteiger partial charge in [0.1, 0.15) is 11.3 Å². The van der Waals surface area contributed by atoms with Crippen LogP contribution < -0.4 is 4.90 Å². The molecule has 1 fully saturated rings. The molecule has 3 heterocycles. The average molecular weight is 377 g/mol. The van der Waals surface area contributed by atoms with Crippen LogP contribution in [0.2, 0.25) is 0 Å². The topological polar surface area (TPSA) is 49.6 Å². The Balaban J connectivity index is 1.30. The van der Waals surface area contributed by atoms with Crippen molar-refractivity contribution in [3.8, 4) is 0 Å². The third-order valence-electron chi connectivity index (χ3n) is 5.01. The van der Waals surface area contributed by atoms with Gasteiger partial charge in [-0.05, 0) is 43.3 Å². The number of fused-ring (bicyclic) bond motifs is 2. The Morgan fingerprint density at radius 1 is 1.07 bits per heavy atom. The Hall–Kier alpha value is -2.86. The molecule has 5 rings (SSSR count). The summed E-state index contributed by atoms with van der Waals surface area (Å²) in [5.74, 6) is 0.943. The fourth-order valence-corrected chi connectivity index (χ4v) is 4.61. The van der Waals surface area contributed by atoms with E-state index in [4.69, 9.17) is 9.40 Å². The summed E-state index contributed by atoms with van der Waals surface area (Å²) in [6.07, 6.45) is 0. The molecular formula is C21H19N3O2S. The highest BCUT2D eigenvalue weighted by molar-refractivity contribution is 7.22. The van der Waals surface area contributed by atoms with Crippen molar-refractivity contribution in [2.75, 3.05) is 31.1 Å². The second-order valence-corrected chi connectivity index (χ2v) is 7.86. The number of carbonyl (C=O) groups is 1. The van der Waals surface area contributed by atoms with Crippen molar-refractivity contribution in [3.63, 3.8) is 0 Å².